The minimum absolute atomic E-state index is 0. The summed E-state index contributed by atoms with van der Waals surface area (Å²) in [6.07, 6.45) is 1.66. The number of carbonyl (C=O) groups is 1. The first kappa shape index (κ1) is 24.0. The smallest absolute Gasteiger partial charge is 0.410 e. The number of nitrogens with zero attached hydrogens (tertiary/aromatic N) is 5. The van der Waals surface area contributed by atoms with Crippen LogP contribution in [0, 0.1) is 6.92 Å². The zero-order valence-corrected chi connectivity index (χ0v) is 20.4. The van der Waals surface area contributed by atoms with Crippen LogP contribution in [0.2, 0.25) is 0 Å². The van der Waals surface area contributed by atoms with Gasteiger partial charge in [0, 0.05) is 32.4 Å². The summed E-state index contributed by atoms with van der Waals surface area (Å²) in [5, 5.41) is 4.49. The third-order valence-electron chi connectivity index (χ3n) is 4.63. The molecule has 1 aliphatic heterocycles. The lowest BCUT2D eigenvalue weighted by Crippen LogP contribution is -2.53. The van der Waals surface area contributed by atoms with Crippen LogP contribution in [-0.2, 0) is 11.3 Å². The first-order valence-electron chi connectivity index (χ1n) is 9.86. The van der Waals surface area contributed by atoms with Crippen LogP contribution in [-0.4, -0.2) is 63.4 Å². The summed E-state index contributed by atoms with van der Waals surface area (Å²) in [7, 11) is 0. The molecule has 2 N–H and O–H groups in total. The number of guanidine groups is 1. The lowest BCUT2D eigenvalue weighted by molar-refractivity contribution is 0.0186. The van der Waals surface area contributed by atoms with E-state index >= 15 is 0 Å². The van der Waals surface area contributed by atoms with Crippen molar-refractivity contribution >= 4 is 36.0 Å². The first-order valence-corrected chi connectivity index (χ1v) is 9.86. The number of para-hydroxylation sites is 1. The van der Waals surface area contributed by atoms with Crippen molar-refractivity contribution in [2.45, 2.75) is 39.8 Å². The van der Waals surface area contributed by atoms with E-state index < -0.39 is 5.60 Å². The molecule has 1 fully saturated rings. The molecule has 9 heteroatoms. The fourth-order valence-corrected chi connectivity index (χ4v) is 3.13. The number of hydrogen-bond donors (Lipinski definition) is 1. The molecule has 164 valence electrons. The Balaban J connectivity index is 0.00000320. The summed E-state index contributed by atoms with van der Waals surface area (Å²) in [4.78, 5) is 20.5. The highest BCUT2D eigenvalue weighted by Gasteiger charge is 2.26. The van der Waals surface area contributed by atoms with Crippen molar-refractivity contribution in [3.63, 3.8) is 0 Å². The number of amides is 1. The fourth-order valence-electron chi connectivity index (χ4n) is 3.13. The third-order valence-corrected chi connectivity index (χ3v) is 4.63. The monoisotopic (exact) mass is 526 g/mol. The molecule has 0 bridgehead atoms. The summed E-state index contributed by atoms with van der Waals surface area (Å²) >= 11 is 0. The van der Waals surface area contributed by atoms with Crippen LogP contribution in [0.5, 0.6) is 0 Å². The maximum atomic E-state index is 12.2. The van der Waals surface area contributed by atoms with E-state index in [-0.39, 0.29) is 30.1 Å². The van der Waals surface area contributed by atoms with Gasteiger partial charge in [0.15, 0.2) is 5.96 Å². The number of nitrogens with two attached hydrogens (primary N) is 1. The maximum absolute atomic E-state index is 12.2. The Bertz CT molecular complexity index is 882. The number of aromatic nitrogens is 2. The zero-order chi connectivity index (χ0) is 21.0. The second-order valence-electron chi connectivity index (χ2n) is 8.16. The summed E-state index contributed by atoms with van der Waals surface area (Å²) < 4.78 is 7.29. The van der Waals surface area contributed by atoms with Crippen LogP contribution in [0.3, 0.4) is 0 Å². The van der Waals surface area contributed by atoms with Gasteiger partial charge < -0.3 is 20.3 Å². The van der Waals surface area contributed by atoms with Gasteiger partial charge in [-0.25, -0.2) is 14.5 Å². The van der Waals surface area contributed by atoms with E-state index in [1.54, 1.807) is 4.90 Å². The standard InChI is InChI=1S/C21H30N6O2.HI/c1-16-9-10-27(24-16)18-8-6-5-7-17(18)15-23-19(22)25-11-13-26(14-12-25)20(28)29-21(2,3)4;/h5-10H,11-15H2,1-4H3,(H2,22,23);1H. The molecular formula is C21H31IN6O2. The lowest BCUT2D eigenvalue weighted by atomic mass is 10.2. The topological polar surface area (TPSA) is 89.0 Å². The molecule has 0 aliphatic carbocycles. The molecule has 0 saturated carbocycles. The van der Waals surface area contributed by atoms with Crippen LogP contribution in [0.25, 0.3) is 5.69 Å². The highest BCUT2D eigenvalue weighted by Crippen LogP contribution is 2.16. The van der Waals surface area contributed by atoms with Crippen molar-refractivity contribution in [2.75, 3.05) is 26.2 Å². The Morgan fingerprint density at radius 1 is 1.13 bits per heavy atom. The first-order chi connectivity index (χ1) is 13.7. The molecule has 1 aliphatic rings. The third kappa shape index (κ3) is 6.35. The van der Waals surface area contributed by atoms with Crippen molar-refractivity contribution in [3.8, 4) is 5.69 Å². The van der Waals surface area contributed by atoms with Crippen molar-refractivity contribution in [2.24, 2.45) is 10.7 Å². The van der Waals surface area contributed by atoms with Gasteiger partial charge >= 0.3 is 6.09 Å². The van der Waals surface area contributed by atoms with Gasteiger partial charge in [-0.3, -0.25) is 0 Å². The summed E-state index contributed by atoms with van der Waals surface area (Å²) in [6, 6.07) is 9.99. The maximum Gasteiger partial charge on any atom is 0.410 e. The molecule has 0 spiro atoms. The Labute approximate surface area is 195 Å². The number of benzene rings is 1. The summed E-state index contributed by atoms with van der Waals surface area (Å²) in [5.41, 5.74) is 8.74. The molecule has 1 amide bonds. The fraction of sp³-hybridized carbons (Fsp3) is 0.476. The summed E-state index contributed by atoms with van der Waals surface area (Å²) in [5.74, 6) is 0.486. The molecule has 3 rings (SSSR count). The van der Waals surface area contributed by atoms with E-state index in [9.17, 15) is 4.79 Å². The Morgan fingerprint density at radius 2 is 1.77 bits per heavy atom. The number of halogens is 1. The normalized spacial score (nSPS) is 15.0. The molecule has 0 atom stereocenters. The minimum Gasteiger partial charge on any atom is -0.444 e. The number of aryl methyl sites for hydroxylation is 1. The Kier molecular flexibility index (Phi) is 8.10. The number of ether oxygens (including phenoxy) is 1. The van der Waals surface area contributed by atoms with Gasteiger partial charge in [0.2, 0.25) is 0 Å². The second-order valence-corrected chi connectivity index (χ2v) is 8.16. The molecule has 1 saturated heterocycles. The number of rotatable bonds is 3. The Hall–Kier alpha value is -2.30. The molecule has 8 nitrogen and oxygen atoms in total. The number of piperazine rings is 1. The molecule has 0 radical (unpaired) electrons. The molecule has 1 aromatic heterocycles. The van der Waals surface area contributed by atoms with Gasteiger partial charge in [-0.2, -0.15) is 5.10 Å². The molecule has 30 heavy (non-hydrogen) atoms. The highest BCUT2D eigenvalue weighted by molar-refractivity contribution is 14.0. The van der Waals surface area contributed by atoms with E-state index in [1.807, 2.05) is 73.8 Å². The SMILES string of the molecule is Cc1ccn(-c2ccccc2CN=C(N)N2CCN(C(=O)OC(C)(C)C)CC2)n1.I. The molecule has 2 aromatic rings. The lowest BCUT2D eigenvalue weighted by Gasteiger charge is -2.36. The quantitative estimate of drug-likeness (QED) is 0.377. The average molecular weight is 526 g/mol. The van der Waals surface area contributed by atoms with Crippen LogP contribution >= 0.6 is 24.0 Å². The van der Waals surface area contributed by atoms with Gasteiger partial charge in [-0.05, 0) is 45.4 Å². The Morgan fingerprint density at radius 3 is 2.37 bits per heavy atom. The summed E-state index contributed by atoms with van der Waals surface area (Å²) in [6.45, 7) is 10.4. The highest BCUT2D eigenvalue weighted by atomic mass is 127. The van der Waals surface area contributed by atoms with Crippen LogP contribution < -0.4 is 5.73 Å². The van der Waals surface area contributed by atoms with Crippen molar-refractivity contribution < 1.29 is 9.53 Å². The average Bonchev–Trinajstić information content (AvgIpc) is 3.11. The van der Waals surface area contributed by atoms with Crippen LogP contribution in [0.1, 0.15) is 32.0 Å². The zero-order valence-electron chi connectivity index (χ0n) is 18.0. The number of hydrogen-bond acceptors (Lipinski definition) is 4. The molecule has 2 heterocycles. The van der Waals surface area contributed by atoms with Crippen molar-refractivity contribution in [1.82, 2.24) is 19.6 Å². The van der Waals surface area contributed by atoms with E-state index in [4.69, 9.17) is 10.5 Å². The second kappa shape index (κ2) is 10.1. The predicted molar refractivity (Wildman–Crippen MR) is 128 cm³/mol. The molecule has 1 aromatic carbocycles. The predicted octanol–water partition coefficient (Wildman–Crippen LogP) is 3.17. The van der Waals surface area contributed by atoms with Gasteiger partial charge in [-0.15, -0.1) is 24.0 Å². The molecular weight excluding hydrogens is 495 g/mol. The largest absolute Gasteiger partial charge is 0.444 e. The van der Waals surface area contributed by atoms with Crippen LogP contribution in [0.4, 0.5) is 4.79 Å². The minimum atomic E-state index is -0.491. The van der Waals surface area contributed by atoms with Gasteiger partial charge in [0.1, 0.15) is 5.60 Å². The van der Waals surface area contributed by atoms with E-state index in [2.05, 4.69) is 10.1 Å². The van der Waals surface area contributed by atoms with Gasteiger partial charge in [0.05, 0.1) is 17.9 Å². The van der Waals surface area contributed by atoms with Crippen molar-refractivity contribution in [3.05, 3.63) is 47.8 Å². The van der Waals surface area contributed by atoms with Crippen molar-refractivity contribution in [1.29, 1.82) is 0 Å². The van der Waals surface area contributed by atoms with E-state index in [0.29, 0.717) is 38.7 Å². The van der Waals surface area contributed by atoms with Gasteiger partial charge in [0.25, 0.3) is 0 Å². The van der Waals surface area contributed by atoms with E-state index in [1.165, 1.54) is 0 Å². The number of carbonyl (C=O) groups excluding carboxylic acids is 1. The van der Waals surface area contributed by atoms with Gasteiger partial charge in [-0.1, -0.05) is 18.2 Å². The number of aliphatic imine (C=N–C) groups is 1. The van der Waals surface area contributed by atoms with E-state index in [0.717, 1.165) is 16.9 Å². The molecule has 0 unspecified atom stereocenters. The van der Waals surface area contributed by atoms with Crippen LogP contribution in [0.15, 0.2) is 41.5 Å².